The molecule has 0 spiro atoms. The number of hydrogen-bond donors (Lipinski definition) is 1. The third-order valence-electron chi connectivity index (χ3n) is 5.34. The number of ether oxygens (including phenoxy) is 1. The van der Waals surface area contributed by atoms with Gasteiger partial charge in [-0.3, -0.25) is 0 Å². The topological polar surface area (TPSA) is 21.3 Å². The number of fused-ring (bicyclic) bond motifs is 1. The molecule has 2 fully saturated rings. The van der Waals surface area contributed by atoms with Gasteiger partial charge in [0, 0.05) is 12.6 Å². The van der Waals surface area contributed by atoms with Crippen LogP contribution in [0.1, 0.15) is 57.4 Å². The molecule has 2 nitrogen and oxygen atoms in total. The number of rotatable bonds is 5. The Morgan fingerprint density at radius 3 is 2.81 bits per heavy atom. The van der Waals surface area contributed by atoms with Gasteiger partial charge in [-0.1, -0.05) is 37.8 Å². The summed E-state index contributed by atoms with van der Waals surface area (Å²) in [6.45, 7) is 3.75. The summed E-state index contributed by atoms with van der Waals surface area (Å²) in [6, 6.07) is 9.23. The molecular formula is C19H29NO. The highest BCUT2D eigenvalue weighted by Crippen LogP contribution is 2.40. The fourth-order valence-corrected chi connectivity index (χ4v) is 4.23. The van der Waals surface area contributed by atoms with Gasteiger partial charge < -0.3 is 10.1 Å². The van der Waals surface area contributed by atoms with Gasteiger partial charge in [-0.25, -0.2) is 0 Å². The summed E-state index contributed by atoms with van der Waals surface area (Å²) < 4.78 is 5.58. The van der Waals surface area contributed by atoms with E-state index in [4.69, 9.17) is 4.74 Å². The second kappa shape index (κ2) is 7.31. The molecule has 3 rings (SSSR count). The Morgan fingerprint density at radius 1 is 1.10 bits per heavy atom. The van der Waals surface area contributed by atoms with Gasteiger partial charge in [-0.2, -0.15) is 0 Å². The highest BCUT2D eigenvalue weighted by molar-refractivity contribution is 5.28. The van der Waals surface area contributed by atoms with E-state index in [2.05, 4.69) is 23.5 Å². The van der Waals surface area contributed by atoms with E-state index in [9.17, 15) is 0 Å². The molecule has 0 saturated heterocycles. The van der Waals surface area contributed by atoms with Gasteiger partial charge in [-0.15, -0.1) is 0 Å². The van der Waals surface area contributed by atoms with Crippen LogP contribution < -0.4 is 10.1 Å². The standard InChI is InChI=1S/C19H29NO/c1-2-21-19-9-5-6-15(12-19)14-20-18-11-10-16-7-3-4-8-17(16)13-18/h5-6,9,12,16-18,20H,2-4,7-8,10-11,13-14H2,1H3. The molecule has 3 unspecified atom stereocenters. The first-order valence-electron chi connectivity index (χ1n) is 8.80. The maximum atomic E-state index is 5.58. The second-order valence-corrected chi connectivity index (χ2v) is 6.78. The van der Waals surface area contributed by atoms with Crippen molar-refractivity contribution in [1.29, 1.82) is 0 Å². The molecule has 2 aliphatic carbocycles. The molecule has 2 heteroatoms. The maximum Gasteiger partial charge on any atom is 0.119 e. The van der Waals surface area contributed by atoms with Crippen molar-refractivity contribution in [2.45, 2.75) is 64.5 Å². The highest BCUT2D eigenvalue weighted by atomic mass is 16.5. The fraction of sp³-hybridized carbons (Fsp3) is 0.684. The number of nitrogens with one attached hydrogen (secondary N) is 1. The third kappa shape index (κ3) is 4.00. The van der Waals surface area contributed by atoms with E-state index in [0.717, 1.165) is 36.8 Å². The van der Waals surface area contributed by atoms with E-state index in [-0.39, 0.29) is 0 Å². The largest absolute Gasteiger partial charge is 0.494 e. The molecule has 1 aromatic carbocycles. The number of benzene rings is 1. The molecule has 116 valence electrons. The first-order chi connectivity index (χ1) is 10.3. The average molecular weight is 287 g/mol. The Hall–Kier alpha value is -1.02. The minimum absolute atomic E-state index is 0.722. The molecule has 0 amide bonds. The monoisotopic (exact) mass is 287 g/mol. The molecule has 0 aromatic heterocycles. The SMILES string of the molecule is CCOc1cccc(CNC2CCC3CCCCC3C2)c1. The first kappa shape index (κ1) is 14.9. The first-order valence-corrected chi connectivity index (χ1v) is 8.80. The van der Waals surface area contributed by atoms with Crippen LogP contribution in [0.15, 0.2) is 24.3 Å². The summed E-state index contributed by atoms with van der Waals surface area (Å²) >= 11 is 0. The van der Waals surface area contributed by atoms with Crippen molar-refractivity contribution < 1.29 is 4.74 Å². The van der Waals surface area contributed by atoms with Gasteiger partial charge in [0.15, 0.2) is 0 Å². The fourth-order valence-electron chi connectivity index (χ4n) is 4.23. The van der Waals surface area contributed by atoms with Crippen LogP contribution in [0.5, 0.6) is 5.75 Å². The van der Waals surface area contributed by atoms with E-state index >= 15 is 0 Å². The van der Waals surface area contributed by atoms with Crippen molar-refractivity contribution in [2.75, 3.05) is 6.61 Å². The lowest BCUT2D eigenvalue weighted by Crippen LogP contribution is -2.38. The summed E-state index contributed by atoms with van der Waals surface area (Å²) in [6.07, 6.45) is 10.1. The molecule has 1 aromatic rings. The molecule has 0 radical (unpaired) electrons. The van der Waals surface area contributed by atoms with Gasteiger partial charge >= 0.3 is 0 Å². The summed E-state index contributed by atoms with van der Waals surface area (Å²) in [5, 5.41) is 3.78. The summed E-state index contributed by atoms with van der Waals surface area (Å²) in [4.78, 5) is 0. The highest BCUT2D eigenvalue weighted by Gasteiger charge is 2.31. The zero-order valence-electron chi connectivity index (χ0n) is 13.3. The van der Waals surface area contributed by atoms with Crippen molar-refractivity contribution in [3.05, 3.63) is 29.8 Å². The van der Waals surface area contributed by atoms with Gasteiger partial charge in [0.1, 0.15) is 5.75 Å². The Kier molecular flexibility index (Phi) is 5.18. The number of hydrogen-bond acceptors (Lipinski definition) is 2. The van der Waals surface area contributed by atoms with Gasteiger partial charge in [0.25, 0.3) is 0 Å². The zero-order valence-corrected chi connectivity index (χ0v) is 13.3. The van der Waals surface area contributed by atoms with E-state index in [0.29, 0.717) is 0 Å². The van der Waals surface area contributed by atoms with E-state index < -0.39 is 0 Å². The normalized spacial score (nSPS) is 28.9. The van der Waals surface area contributed by atoms with Crippen LogP contribution in [0.2, 0.25) is 0 Å². The minimum Gasteiger partial charge on any atom is -0.494 e. The Morgan fingerprint density at radius 2 is 1.95 bits per heavy atom. The molecule has 1 N–H and O–H groups in total. The van der Waals surface area contributed by atoms with Crippen LogP contribution in [-0.4, -0.2) is 12.6 Å². The van der Waals surface area contributed by atoms with Gasteiger partial charge in [0.2, 0.25) is 0 Å². The van der Waals surface area contributed by atoms with Crippen LogP contribution in [0.3, 0.4) is 0 Å². The molecule has 2 saturated carbocycles. The Labute approximate surface area is 129 Å². The van der Waals surface area contributed by atoms with Gasteiger partial charge in [0.05, 0.1) is 6.61 Å². The average Bonchev–Trinajstić information content (AvgIpc) is 2.53. The third-order valence-corrected chi connectivity index (χ3v) is 5.34. The summed E-state index contributed by atoms with van der Waals surface area (Å²) in [5.41, 5.74) is 1.34. The van der Waals surface area contributed by atoms with Crippen LogP contribution in [0.4, 0.5) is 0 Å². The molecule has 0 bridgehead atoms. The lowest BCUT2D eigenvalue weighted by molar-refractivity contribution is 0.143. The van der Waals surface area contributed by atoms with Crippen LogP contribution in [0, 0.1) is 11.8 Å². The van der Waals surface area contributed by atoms with Crippen LogP contribution in [0.25, 0.3) is 0 Å². The van der Waals surface area contributed by atoms with Crippen molar-refractivity contribution in [3.8, 4) is 5.75 Å². The van der Waals surface area contributed by atoms with Crippen molar-refractivity contribution in [1.82, 2.24) is 5.32 Å². The Bertz CT molecular complexity index is 445. The van der Waals surface area contributed by atoms with Crippen molar-refractivity contribution in [3.63, 3.8) is 0 Å². The molecule has 2 aliphatic rings. The molecule has 3 atom stereocenters. The van der Waals surface area contributed by atoms with Crippen LogP contribution >= 0.6 is 0 Å². The zero-order chi connectivity index (χ0) is 14.5. The van der Waals surface area contributed by atoms with Gasteiger partial charge in [-0.05, 0) is 55.7 Å². The van der Waals surface area contributed by atoms with E-state index in [1.807, 2.05) is 13.0 Å². The predicted molar refractivity (Wildman–Crippen MR) is 87.5 cm³/mol. The lowest BCUT2D eigenvalue weighted by atomic mass is 9.69. The predicted octanol–water partition coefficient (Wildman–Crippen LogP) is 4.53. The van der Waals surface area contributed by atoms with E-state index in [1.54, 1.807) is 0 Å². The summed E-state index contributed by atoms with van der Waals surface area (Å²) in [7, 11) is 0. The lowest BCUT2D eigenvalue weighted by Gasteiger charge is -2.39. The second-order valence-electron chi connectivity index (χ2n) is 6.78. The Balaban J connectivity index is 1.49. The minimum atomic E-state index is 0.722. The van der Waals surface area contributed by atoms with E-state index in [1.165, 1.54) is 50.5 Å². The molecule has 0 aliphatic heterocycles. The smallest absolute Gasteiger partial charge is 0.119 e. The van der Waals surface area contributed by atoms with Crippen molar-refractivity contribution in [2.24, 2.45) is 11.8 Å². The molecule has 21 heavy (non-hydrogen) atoms. The molecular weight excluding hydrogens is 258 g/mol. The summed E-state index contributed by atoms with van der Waals surface area (Å²) in [5.74, 6) is 3.03. The van der Waals surface area contributed by atoms with Crippen molar-refractivity contribution >= 4 is 0 Å². The van der Waals surface area contributed by atoms with Crippen LogP contribution in [-0.2, 0) is 6.54 Å². The quantitative estimate of drug-likeness (QED) is 0.859. The maximum absolute atomic E-state index is 5.58. The molecule has 0 heterocycles.